The molecule has 1 aromatic heterocycles. The zero-order chi connectivity index (χ0) is 20.6. The van der Waals surface area contributed by atoms with Crippen LogP contribution in [0.3, 0.4) is 0 Å². The summed E-state index contributed by atoms with van der Waals surface area (Å²) in [6.07, 6.45) is 1.17. The van der Waals surface area contributed by atoms with E-state index in [1.807, 2.05) is 30.3 Å². The molecule has 1 heterocycles. The van der Waals surface area contributed by atoms with E-state index >= 15 is 0 Å². The molecule has 0 atom stereocenters. The topological polar surface area (TPSA) is 131 Å². The predicted molar refractivity (Wildman–Crippen MR) is 107 cm³/mol. The highest BCUT2D eigenvalue weighted by molar-refractivity contribution is 5.95. The van der Waals surface area contributed by atoms with Gasteiger partial charge in [0.15, 0.2) is 0 Å². The van der Waals surface area contributed by atoms with Gasteiger partial charge in [0.1, 0.15) is 12.1 Å². The summed E-state index contributed by atoms with van der Waals surface area (Å²) in [5.74, 6) is 0.0203. The van der Waals surface area contributed by atoms with Crippen molar-refractivity contribution in [3.8, 4) is 5.75 Å². The minimum Gasteiger partial charge on any atom is -0.497 e. The number of nitrogens with one attached hydrogen (secondary N) is 3. The van der Waals surface area contributed by atoms with Gasteiger partial charge in [-0.2, -0.15) is 0 Å². The number of hydrogen-bond donors (Lipinski definition) is 3. The van der Waals surface area contributed by atoms with E-state index < -0.39 is 10.8 Å². The molecule has 0 saturated carbocycles. The van der Waals surface area contributed by atoms with Crippen LogP contribution < -0.4 is 20.9 Å². The number of amides is 1. The number of nitrogens with zero attached hydrogens (tertiary/aromatic N) is 3. The molecule has 0 bridgehead atoms. The van der Waals surface area contributed by atoms with Crippen molar-refractivity contribution in [1.82, 2.24) is 15.4 Å². The maximum atomic E-state index is 12.3. The highest BCUT2D eigenvalue weighted by Gasteiger charge is 2.23. The normalized spacial score (nSPS) is 10.1. The number of aromatic nitrogens is 2. The Bertz CT molecular complexity index is 995. The van der Waals surface area contributed by atoms with E-state index in [0.29, 0.717) is 17.9 Å². The molecule has 3 aromatic rings. The lowest BCUT2D eigenvalue weighted by Gasteiger charge is -2.11. The van der Waals surface area contributed by atoms with E-state index in [-0.39, 0.29) is 17.3 Å². The number of hydrazine groups is 1. The van der Waals surface area contributed by atoms with Crippen molar-refractivity contribution in [1.29, 1.82) is 0 Å². The first-order valence-electron chi connectivity index (χ1n) is 8.56. The van der Waals surface area contributed by atoms with Gasteiger partial charge >= 0.3 is 5.69 Å². The molecule has 148 valence electrons. The fourth-order valence-electron chi connectivity index (χ4n) is 2.48. The summed E-state index contributed by atoms with van der Waals surface area (Å²) < 4.78 is 5.04. The molecule has 10 nitrogen and oxygen atoms in total. The second-order valence-electron chi connectivity index (χ2n) is 5.82. The van der Waals surface area contributed by atoms with Gasteiger partial charge in [-0.15, -0.1) is 0 Å². The van der Waals surface area contributed by atoms with Gasteiger partial charge in [0, 0.05) is 12.1 Å². The van der Waals surface area contributed by atoms with E-state index in [2.05, 4.69) is 26.1 Å². The van der Waals surface area contributed by atoms with E-state index in [1.165, 1.54) is 13.4 Å². The number of carbonyl (C=O) groups excluding carboxylic acids is 1. The van der Waals surface area contributed by atoms with Crippen LogP contribution in [0.1, 0.15) is 15.9 Å². The van der Waals surface area contributed by atoms with Gasteiger partial charge in [-0.1, -0.05) is 30.3 Å². The van der Waals surface area contributed by atoms with E-state index in [0.717, 1.165) is 5.56 Å². The number of carbonyl (C=O) groups is 1. The van der Waals surface area contributed by atoms with Crippen LogP contribution in [0.4, 0.5) is 17.3 Å². The summed E-state index contributed by atoms with van der Waals surface area (Å²) in [5, 5.41) is 14.5. The number of hydrogen-bond acceptors (Lipinski definition) is 8. The van der Waals surface area contributed by atoms with Crippen molar-refractivity contribution >= 4 is 23.2 Å². The zero-order valence-corrected chi connectivity index (χ0v) is 15.5. The van der Waals surface area contributed by atoms with E-state index in [4.69, 9.17) is 4.74 Å². The molecule has 1 amide bonds. The Hall–Kier alpha value is -4.21. The second-order valence-corrected chi connectivity index (χ2v) is 5.82. The largest absolute Gasteiger partial charge is 0.497 e. The molecule has 29 heavy (non-hydrogen) atoms. The van der Waals surface area contributed by atoms with Crippen LogP contribution in [0, 0.1) is 10.1 Å². The first-order chi connectivity index (χ1) is 14.1. The number of methoxy groups -OCH3 is 1. The van der Waals surface area contributed by atoms with Gasteiger partial charge in [0.2, 0.25) is 11.6 Å². The van der Waals surface area contributed by atoms with Crippen molar-refractivity contribution in [2.75, 3.05) is 17.9 Å². The minimum absolute atomic E-state index is 0.0371. The Morgan fingerprint density at radius 2 is 1.76 bits per heavy atom. The highest BCUT2D eigenvalue weighted by Crippen LogP contribution is 2.28. The van der Waals surface area contributed by atoms with E-state index in [1.54, 1.807) is 24.3 Å². The van der Waals surface area contributed by atoms with Crippen LogP contribution >= 0.6 is 0 Å². The SMILES string of the molecule is COc1ccc(C(=O)NNc2ncnc(NCc3ccccc3)c2[N+](=O)[O-])cc1. The van der Waals surface area contributed by atoms with Gasteiger partial charge in [0.05, 0.1) is 12.0 Å². The Morgan fingerprint density at radius 3 is 2.41 bits per heavy atom. The van der Waals surface area contributed by atoms with E-state index in [9.17, 15) is 14.9 Å². The van der Waals surface area contributed by atoms with Crippen LogP contribution in [0.25, 0.3) is 0 Å². The van der Waals surface area contributed by atoms with Gasteiger partial charge < -0.3 is 10.1 Å². The summed E-state index contributed by atoms with van der Waals surface area (Å²) in [7, 11) is 1.52. The third-order valence-electron chi connectivity index (χ3n) is 3.95. The molecule has 0 radical (unpaired) electrons. The monoisotopic (exact) mass is 394 g/mol. The zero-order valence-electron chi connectivity index (χ0n) is 15.5. The van der Waals surface area contributed by atoms with Gasteiger partial charge in [-0.05, 0) is 29.8 Å². The quantitative estimate of drug-likeness (QED) is 0.393. The summed E-state index contributed by atoms with van der Waals surface area (Å²) >= 11 is 0. The van der Waals surface area contributed by atoms with Crippen LogP contribution in [0.2, 0.25) is 0 Å². The molecule has 0 aliphatic rings. The number of nitro groups is 1. The highest BCUT2D eigenvalue weighted by atomic mass is 16.6. The maximum absolute atomic E-state index is 12.3. The predicted octanol–water partition coefficient (Wildman–Crippen LogP) is 2.76. The molecule has 0 saturated heterocycles. The van der Waals surface area contributed by atoms with Crippen molar-refractivity contribution in [3.63, 3.8) is 0 Å². The average molecular weight is 394 g/mol. The Labute approximate surface area is 166 Å². The molecule has 0 unspecified atom stereocenters. The first-order valence-corrected chi connectivity index (χ1v) is 8.56. The maximum Gasteiger partial charge on any atom is 0.354 e. The molecule has 2 aromatic carbocycles. The fourth-order valence-corrected chi connectivity index (χ4v) is 2.48. The Kier molecular flexibility index (Phi) is 6.15. The minimum atomic E-state index is -0.616. The number of benzene rings is 2. The Balaban J connectivity index is 1.72. The third-order valence-corrected chi connectivity index (χ3v) is 3.95. The second kappa shape index (κ2) is 9.13. The van der Waals surface area contributed by atoms with Crippen molar-refractivity contribution < 1.29 is 14.5 Å². The summed E-state index contributed by atoms with van der Waals surface area (Å²) in [6, 6.07) is 15.8. The summed E-state index contributed by atoms with van der Waals surface area (Å²) in [6.45, 7) is 0.344. The van der Waals surface area contributed by atoms with Crippen molar-refractivity contribution in [3.05, 3.63) is 82.2 Å². The molecule has 3 N–H and O–H groups in total. The van der Waals surface area contributed by atoms with Crippen LogP contribution in [-0.4, -0.2) is 27.9 Å². The molecule has 10 heteroatoms. The van der Waals surface area contributed by atoms with Crippen LogP contribution in [0.15, 0.2) is 60.9 Å². The lowest BCUT2D eigenvalue weighted by atomic mass is 10.2. The van der Waals surface area contributed by atoms with Crippen molar-refractivity contribution in [2.24, 2.45) is 0 Å². The number of ether oxygens (including phenoxy) is 1. The smallest absolute Gasteiger partial charge is 0.354 e. The molecule has 0 fully saturated rings. The standard InChI is InChI=1S/C19H18N6O4/c1-29-15-9-7-14(8-10-15)19(26)24-23-18-16(25(27)28)17(21-12-22-18)20-11-13-5-3-2-4-6-13/h2-10,12H,11H2,1H3,(H,24,26)(H2,20,21,22,23). The van der Waals surface area contributed by atoms with Gasteiger partial charge in [0.25, 0.3) is 5.91 Å². The van der Waals surface area contributed by atoms with Gasteiger partial charge in [-0.25, -0.2) is 9.97 Å². The fraction of sp³-hybridized carbons (Fsp3) is 0.105. The summed E-state index contributed by atoms with van der Waals surface area (Å²) in [5.41, 5.74) is 5.79. The average Bonchev–Trinajstić information content (AvgIpc) is 2.76. The lowest BCUT2D eigenvalue weighted by Crippen LogP contribution is -2.30. The molecular formula is C19H18N6O4. The van der Waals surface area contributed by atoms with Crippen LogP contribution in [-0.2, 0) is 6.54 Å². The molecule has 0 spiro atoms. The molecule has 3 rings (SSSR count). The van der Waals surface area contributed by atoms with Crippen molar-refractivity contribution in [2.45, 2.75) is 6.54 Å². The molecule has 0 aliphatic carbocycles. The number of rotatable bonds is 8. The van der Waals surface area contributed by atoms with Gasteiger partial charge in [-0.3, -0.25) is 25.8 Å². The third kappa shape index (κ3) is 4.95. The Morgan fingerprint density at radius 1 is 1.07 bits per heavy atom. The number of anilines is 2. The molecule has 0 aliphatic heterocycles. The van der Waals surface area contributed by atoms with Crippen LogP contribution in [0.5, 0.6) is 5.75 Å². The first kappa shape index (κ1) is 19.5. The lowest BCUT2D eigenvalue weighted by molar-refractivity contribution is -0.383. The summed E-state index contributed by atoms with van der Waals surface area (Å²) in [4.78, 5) is 31.0. The molecular weight excluding hydrogens is 376 g/mol.